The molecule has 0 radical (unpaired) electrons. The number of hydrogen-bond acceptors (Lipinski definition) is 4. The zero-order valence-corrected chi connectivity index (χ0v) is 19.6. The summed E-state index contributed by atoms with van der Waals surface area (Å²) in [7, 11) is 0. The highest BCUT2D eigenvalue weighted by Gasteiger charge is 2.42. The van der Waals surface area contributed by atoms with E-state index in [1.807, 2.05) is 44.2 Å². The Morgan fingerprint density at radius 2 is 1.91 bits per heavy atom. The van der Waals surface area contributed by atoms with Crippen LogP contribution in [0.15, 0.2) is 48.5 Å². The second-order valence-corrected chi connectivity index (χ2v) is 9.51. The SMILES string of the molecule is CC(C)CNC(=O)[C@H]1Cc2cc(C(F)(F)F)ccc2N2CCN(CCOc3ccccc3)C[C@H]12. The van der Waals surface area contributed by atoms with Gasteiger partial charge in [-0.05, 0) is 48.2 Å². The van der Waals surface area contributed by atoms with E-state index in [9.17, 15) is 18.0 Å². The minimum absolute atomic E-state index is 0.0888. The number of anilines is 1. The Kier molecular flexibility index (Phi) is 7.36. The van der Waals surface area contributed by atoms with Crippen LogP contribution in [0.2, 0.25) is 0 Å². The highest BCUT2D eigenvalue weighted by Crippen LogP contribution is 2.39. The Labute approximate surface area is 198 Å². The van der Waals surface area contributed by atoms with Crippen molar-refractivity contribution in [2.75, 3.05) is 44.2 Å². The van der Waals surface area contributed by atoms with E-state index in [0.29, 0.717) is 44.1 Å². The third kappa shape index (κ3) is 5.66. The van der Waals surface area contributed by atoms with Gasteiger partial charge in [-0.2, -0.15) is 13.2 Å². The number of hydrogen-bond donors (Lipinski definition) is 1. The molecule has 2 aromatic rings. The maximum Gasteiger partial charge on any atom is 0.416 e. The van der Waals surface area contributed by atoms with Crippen molar-refractivity contribution in [1.82, 2.24) is 10.2 Å². The predicted molar refractivity (Wildman–Crippen MR) is 126 cm³/mol. The van der Waals surface area contributed by atoms with Crippen molar-refractivity contribution < 1.29 is 22.7 Å². The molecular formula is C26H32F3N3O2. The molecule has 1 N–H and O–H groups in total. The number of alkyl halides is 3. The largest absolute Gasteiger partial charge is 0.492 e. The first-order valence-corrected chi connectivity index (χ1v) is 11.9. The van der Waals surface area contributed by atoms with Gasteiger partial charge in [0.05, 0.1) is 17.5 Å². The molecule has 5 nitrogen and oxygen atoms in total. The van der Waals surface area contributed by atoms with Crippen LogP contribution in [-0.4, -0.2) is 56.2 Å². The van der Waals surface area contributed by atoms with Crippen LogP contribution in [0.3, 0.4) is 0 Å². The molecule has 0 aromatic heterocycles. The number of piperazine rings is 1. The number of nitrogens with zero attached hydrogens (tertiary/aromatic N) is 2. The van der Waals surface area contributed by atoms with Gasteiger partial charge in [-0.3, -0.25) is 9.69 Å². The van der Waals surface area contributed by atoms with Crippen LogP contribution in [0.25, 0.3) is 0 Å². The number of ether oxygens (including phenoxy) is 1. The monoisotopic (exact) mass is 475 g/mol. The number of para-hydroxylation sites is 1. The van der Waals surface area contributed by atoms with Crippen molar-refractivity contribution >= 4 is 11.6 Å². The minimum atomic E-state index is -4.40. The molecule has 1 amide bonds. The Hall–Kier alpha value is -2.74. The fourth-order valence-electron chi connectivity index (χ4n) is 4.81. The summed E-state index contributed by atoms with van der Waals surface area (Å²) in [5, 5.41) is 3.01. The maximum absolute atomic E-state index is 13.3. The topological polar surface area (TPSA) is 44.8 Å². The number of benzene rings is 2. The van der Waals surface area contributed by atoms with Crippen molar-refractivity contribution in [3.63, 3.8) is 0 Å². The molecule has 184 valence electrons. The van der Waals surface area contributed by atoms with E-state index in [1.165, 1.54) is 6.07 Å². The summed E-state index contributed by atoms with van der Waals surface area (Å²) in [6.45, 7) is 7.93. The lowest BCUT2D eigenvalue weighted by molar-refractivity contribution is -0.137. The van der Waals surface area contributed by atoms with Gasteiger partial charge in [-0.1, -0.05) is 32.0 Å². The normalized spacial score (nSPS) is 20.6. The lowest BCUT2D eigenvalue weighted by atomic mass is 9.82. The molecule has 8 heteroatoms. The maximum atomic E-state index is 13.3. The first-order chi connectivity index (χ1) is 16.2. The zero-order chi connectivity index (χ0) is 24.3. The zero-order valence-electron chi connectivity index (χ0n) is 19.6. The number of carbonyl (C=O) groups is 1. The van der Waals surface area contributed by atoms with Gasteiger partial charge >= 0.3 is 6.18 Å². The Balaban J connectivity index is 1.50. The van der Waals surface area contributed by atoms with E-state index in [-0.39, 0.29) is 11.9 Å². The van der Waals surface area contributed by atoms with Gasteiger partial charge in [0.25, 0.3) is 0 Å². The summed E-state index contributed by atoms with van der Waals surface area (Å²) in [4.78, 5) is 17.6. The number of fused-ring (bicyclic) bond motifs is 3. The van der Waals surface area contributed by atoms with Crippen LogP contribution in [0, 0.1) is 11.8 Å². The molecular weight excluding hydrogens is 443 g/mol. The Bertz CT molecular complexity index is 981. The van der Waals surface area contributed by atoms with E-state index < -0.39 is 17.7 Å². The van der Waals surface area contributed by atoms with Crippen LogP contribution in [-0.2, 0) is 17.4 Å². The molecule has 2 aliphatic rings. The predicted octanol–water partition coefficient (Wildman–Crippen LogP) is 4.22. The third-order valence-electron chi connectivity index (χ3n) is 6.56. The van der Waals surface area contributed by atoms with Crippen LogP contribution in [0.1, 0.15) is 25.0 Å². The smallest absolute Gasteiger partial charge is 0.416 e. The van der Waals surface area contributed by atoms with E-state index in [2.05, 4.69) is 15.1 Å². The molecule has 2 atom stereocenters. The number of rotatable bonds is 7. The molecule has 2 aromatic carbocycles. The molecule has 0 unspecified atom stereocenters. The molecule has 1 fully saturated rings. The molecule has 4 rings (SSSR count). The van der Waals surface area contributed by atoms with Gasteiger partial charge in [0, 0.05) is 38.4 Å². The van der Waals surface area contributed by atoms with Crippen molar-refractivity contribution in [1.29, 1.82) is 0 Å². The lowest BCUT2D eigenvalue weighted by Gasteiger charge is -2.49. The van der Waals surface area contributed by atoms with Gasteiger partial charge in [0.15, 0.2) is 0 Å². The lowest BCUT2D eigenvalue weighted by Crippen LogP contribution is -2.61. The molecule has 2 heterocycles. The third-order valence-corrected chi connectivity index (χ3v) is 6.56. The highest BCUT2D eigenvalue weighted by molar-refractivity contribution is 5.82. The first kappa shape index (κ1) is 24.4. The van der Waals surface area contributed by atoms with Crippen LogP contribution < -0.4 is 15.0 Å². The van der Waals surface area contributed by atoms with E-state index >= 15 is 0 Å². The standard InChI is InChI=1S/C26H32F3N3O2/c1-18(2)16-30-25(33)22-15-19-14-20(26(27,28)29)8-9-23(19)32-11-10-31(17-24(22)32)12-13-34-21-6-4-3-5-7-21/h3-9,14,18,22,24H,10-13,15-17H2,1-2H3,(H,30,33)/t22-,24+/m0/s1. The number of amides is 1. The second-order valence-electron chi connectivity index (χ2n) is 9.51. The van der Waals surface area contributed by atoms with Gasteiger partial charge in [0.2, 0.25) is 5.91 Å². The summed E-state index contributed by atoms with van der Waals surface area (Å²) in [6, 6.07) is 13.5. The van der Waals surface area contributed by atoms with Crippen molar-refractivity contribution in [3.8, 4) is 5.75 Å². The van der Waals surface area contributed by atoms with Crippen molar-refractivity contribution in [2.24, 2.45) is 11.8 Å². The molecule has 0 bridgehead atoms. The number of nitrogens with one attached hydrogen (secondary N) is 1. The fourth-order valence-corrected chi connectivity index (χ4v) is 4.81. The van der Waals surface area contributed by atoms with E-state index in [4.69, 9.17) is 4.74 Å². The summed E-state index contributed by atoms with van der Waals surface area (Å²) >= 11 is 0. The molecule has 1 saturated heterocycles. The molecule has 2 aliphatic heterocycles. The summed E-state index contributed by atoms with van der Waals surface area (Å²) in [6.07, 6.45) is -4.10. The fraction of sp³-hybridized carbons (Fsp3) is 0.500. The number of halogens is 3. The molecule has 0 aliphatic carbocycles. The summed E-state index contributed by atoms with van der Waals surface area (Å²) < 4.78 is 45.9. The van der Waals surface area contributed by atoms with Crippen LogP contribution >= 0.6 is 0 Å². The number of carbonyl (C=O) groups excluding carboxylic acids is 1. The van der Waals surface area contributed by atoms with Crippen molar-refractivity contribution in [3.05, 3.63) is 59.7 Å². The summed E-state index contributed by atoms with van der Waals surface area (Å²) in [5.74, 6) is 0.617. The minimum Gasteiger partial charge on any atom is -0.492 e. The molecule has 34 heavy (non-hydrogen) atoms. The van der Waals surface area contributed by atoms with Crippen LogP contribution in [0.5, 0.6) is 5.75 Å². The average molecular weight is 476 g/mol. The van der Waals surface area contributed by atoms with E-state index in [0.717, 1.165) is 30.6 Å². The quantitative estimate of drug-likeness (QED) is 0.652. The molecule has 0 spiro atoms. The van der Waals surface area contributed by atoms with Crippen molar-refractivity contribution in [2.45, 2.75) is 32.5 Å². The van der Waals surface area contributed by atoms with E-state index in [1.54, 1.807) is 6.07 Å². The van der Waals surface area contributed by atoms with Gasteiger partial charge in [-0.25, -0.2) is 0 Å². The van der Waals surface area contributed by atoms with Crippen LogP contribution in [0.4, 0.5) is 18.9 Å². The van der Waals surface area contributed by atoms with Gasteiger partial charge < -0.3 is 15.0 Å². The first-order valence-electron chi connectivity index (χ1n) is 11.9. The van der Waals surface area contributed by atoms with Gasteiger partial charge in [-0.15, -0.1) is 0 Å². The second kappa shape index (κ2) is 10.3. The van der Waals surface area contributed by atoms with Gasteiger partial charge in [0.1, 0.15) is 12.4 Å². The Morgan fingerprint density at radius 3 is 2.62 bits per heavy atom. The Morgan fingerprint density at radius 1 is 1.15 bits per heavy atom. The average Bonchev–Trinajstić information content (AvgIpc) is 2.81. The summed E-state index contributed by atoms with van der Waals surface area (Å²) in [5.41, 5.74) is 0.741. The highest BCUT2D eigenvalue weighted by atomic mass is 19.4. The molecule has 0 saturated carbocycles.